The minimum Gasteiger partial charge on any atom is -0.493 e. The average molecular weight is 521 g/mol. The summed E-state index contributed by atoms with van der Waals surface area (Å²) in [5, 5.41) is 0.333. The first-order chi connectivity index (χ1) is 16.7. The minimum absolute atomic E-state index is 0.000795. The van der Waals surface area contributed by atoms with Crippen LogP contribution in [0.5, 0.6) is 23.3 Å². The molecule has 1 N–H and O–H groups in total. The maximum atomic E-state index is 13.2. The lowest BCUT2D eigenvalue weighted by molar-refractivity contribution is 0.277. The van der Waals surface area contributed by atoms with E-state index < -0.39 is 10.0 Å². The van der Waals surface area contributed by atoms with Crippen molar-refractivity contribution in [2.75, 3.05) is 44.0 Å². The fraction of sp³-hybridized carbons (Fsp3) is 0.304. The topological polar surface area (TPSA) is 112 Å². The molecule has 2 heterocycles. The molecule has 3 aromatic rings. The Morgan fingerprint density at radius 1 is 1.14 bits per heavy atom. The monoisotopic (exact) mass is 520 g/mol. The molecule has 2 aromatic carbocycles. The van der Waals surface area contributed by atoms with Crippen LogP contribution in [0.3, 0.4) is 0 Å². The van der Waals surface area contributed by atoms with Gasteiger partial charge in [-0.25, -0.2) is 8.42 Å². The Hall–Kier alpha value is -3.44. The summed E-state index contributed by atoms with van der Waals surface area (Å²) in [4.78, 5) is 10.8. The fourth-order valence-electron chi connectivity index (χ4n) is 3.48. The van der Waals surface area contributed by atoms with E-state index in [0.717, 1.165) is 5.56 Å². The number of halogens is 1. The number of aromatic nitrogens is 2. The molecule has 186 valence electrons. The van der Waals surface area contributed by atoms with Crippen molar-refractivity contribution in [1.29, 1.82) is 0 Å². The van der Waals surface area contributed by atoms with Crippen molar-refractivity contribution in [1.82, 2.24) is 9.97 Å². The van der Waals surface area contributed by atoms with E-state index in [1.54, 1.807) is 38.3 Å². The van der Waals surface area contributed by atoms with Gasteiger partial charge in [0.15, 0.2) is 17.3 Å². The molecule has 0 unspecified atom stereocenters. The molecule has 35 heavy (non-hydrogen) atoms. The number of ether oxygens (including phenoxy) is 4. The van der Waals surface area contributed by atoms with Crippen molar-refractivity contribution in [3.8, 4) is 23.3 Å². The summed E-state index contributed by atoms with van der Waals surface area (Å²) in [5.74, 6) is 1.67. The van der Waals surface area contributed by atoms with Crippen molar-refractivity contribution in [2.45, 2.75) is 18.4 Å². The number of benzene rings is 2. The van der Waals surface area contributed by atoms with Crippen molar-refractivity contribution < 1.29 is 27.4 Å². The molecule has 0 amide bonds. The number of likely N-dealkylation sites (N-methyl/N-ethyl adjacent to an activating group) is 1. The third-order valence-corrected chi connectivity index (χ3v) is 7.30. The van der Waals surface area contributed by atoms with Gasteiger partial charge in [0, 0.05) is 12.1 Å². The number of methoxy groups -OCH3 is 2. The van der Waals surface area contributed by atoms with Gasteiger partial charge in [0.2, 0.25) is 5.82 Å². The Balaban J connectivity index is 1.69. The average Bonchev–Trinajstić information content (AvgIpc) is 2.84. The quantitative estimate of drug-likeness (QED) is 0.475. The largest absolute Gasteiger partial charge is 0.493 e. The zero-order valence-electron chi connectivity index (χ0n) is 19.7. The van der Waals surface area contributed by atoms with Gasteiger partial charge in [0.25, 0.3) is 21.8 Å². The van der Waals surface area contributed by atoms with Crippen LogP contribution >= 0.6 is 11.6 Å². The number of fused-ring (bicyclic) bond motifs is 1. The van der Waals surface area contributed by atoms with E-state index in [4.69, 9.17) is 30.5 Å². The Labute approximate surface area is 208 Å². The van der Waals surface area contributed by atoms with Crippen LogP contribution in [0.1, 0.15) is 11.1 Å². The van der Waals surface area contributed by atoms with Crippen molar-refractivity contribution in [2.24, 2.45) is 0 Å². The lowest BCUT2D eigenvalue weighted by Gasteiger charge is -2.26. The van der Waals surface area contributed by atoms with Crippen LogP contribution in [0.2, 0.25) is 5.02 Å². The molecular formula is C23H25ClN4O6S. The predicted molar refractivity (Wildman–Crippen MR) is 132 cm³/mol. The molecule has 10 nitrogen and oxygen atoms in total. The number of sulfonamides is 1. The number of nitrogens with one attached hydrogen (secondary N) is 1. The molecule has 0 radical (unpaired) electrons. The van der Waals surface area contributed by atoms with Crippen molar-refractivity contribution in [3.05, 3.63) is 52.5 Å². The number of anilines is 2. The molecule has 0 bridgehead atoms. The molecule has 0 saturated carbocycles. The van der Waals surface area contributed by atoms with Crippen LogP contribution in [0.25, 0.3) is 0 Å². The molecule has 1 aliphatic rings. The highest BCUT2D eigenvalue weighted by Crippen LogP contribution is 2.35. The van der Waals surface area contributed by atoms with Gasteiger partial charge < -0.3 is 23.8 Å². The summed E-state index contributed by atoms with van der Waals surface area (Å²) in [6.45, 7) is 2.69. The molecule has 0 spiro atoms. The van der Waals surface area contributed by atoms with Gasteiger partial charge in [0.1, 0.15) is 13.2 Å². The highest BCUT2D eigenvalue weighted by molar-refractivity contribution is 7.92. The molecule has 12 heteroatoms. The van der Waals surface area contributed by atoms with E-state index in [9.17, 15) is 8.42 Å². The smallest absolute Gasteiger partial charge is 0.263 e. The summed E-state index contributed by atoms with van der Waals surface area (Å²) in [6, 6.07) is 9.97. The maximum Gasteiger partial charge on any atom is 0.263 e. The van der Waals surface area contributed by atoms with Gasteiger partial charge in [-0.1, -0.05) is 23.7 Å². The van der Waals surface area contributed by atoms with E-state index in [0.29, 0.717) is 41.1 Å². The summed E-state index contributed by atoms with van der Waals surface area (Å²) in [6.07, 6.45) is 0. The van der Waals surface area contributed by atoms with Crippen LogP contribution in [0, 0.1) is 6.92 Å². The zero-order valence-corrected chi connectivity index (χ0v) is 21.2. The van der Waals surface area contributed by atoms with E-state index in [1.807, 2.05) is 18.0 Å². The highest BCUT2D eigenvalue weighted by atomic mass is 35.5. The minimum atomic E-state index is -4.05. The lowest BCUT2D eigenvalue weighted by Crippen LogP contribution is -2.31. The highest BCUT2D eigenvalue weighted by Gasteiger charge is 2.27. The van der Waals surface area contributed by atoms with Gasteiger partial charge >= 0.3 is 0 Å². The zero-order chi connectivity index (χ0) is 25.2. The second-order valence-corrected chi connectivity index (χ2v) is 9.78. The first kappa shape index (κ1) is 24.7. The van der Waals surface area contributed by atoms with Crippen LogP contribution in [0.15, 0.2) is 41.3 Å². The van der Waals surface area contributed by atoms with E-state index in [2.05, 4.69) is 14.7 Å². The molecule has 0 aliphatic carbocycles. The van der Waals surface area contributed by atoms with Crippen LogP contribution in [-0.4, -0.2) is 52.8 Å². The Morgan fingerprint density at radius 3 is 2.66 bits per heavy atom. The van der Waals surface area contributed by atoms with Crippen LogP contribution < -0.4 is 28.6 Å². The van der Waals surface area contributed by atoms with Gasteiger partial charge in [-0.2, -0.15) is 9.97 Å². The second-order valence-electron chi connectivity index (χ2n) is 7.72. The molecular weight excluding hydrogens is 496 g/mol. The van der Waals surface area contributed by atoms with E-state index in [-0.39, 0.29) is 29.1 Å². The summed E-state index contributed by atoms with van der Waals surface area (Å²) >= 11 is 6.14. The molecule has 0 fully saturated rings. The lowest BCUT2D eigenvalue weighted by atomic mass is 10.2. The van der Waals surface area contributed by atoms with Gasteiger partial charge in [-0.05, 0) is 42.3 Å². The Morgan fingerprint density at radius 2 is 1.91 bits per heavy atom. The third-order valence-electron chi connectivity index (χ3n) is 5.40. The normalized spacial score (nSPS) is 13.0. The fourth-order valence-corrected chi connectivity index (χ4v) is 4.98. The number of hydrogen-bond donors (Lipinski definition) is 1. The number of rotatable bonds is 8. The number of nitrogens with zero attached hydrogens (tertiary/aromatic N) is 3. The summed E-state index contributed by atoms with van der Waals surface area (Å²) in [7, 11) is 0.877. The summed E-state index contributed by atoms with van der Waals surface area (Å²) in [5.41, 5.74) is 1.17. The van der Waals surface area contributed by atoms with Crippen LogP contribution in [-0.2, 0) is 16.6 Å². The first-order valence-electron chi connectivity index (χ1n) is 10.6. The van der Waals surface area contributed by atoms with Gasteiger partial charge in [0.05, 0.1) is 25.7 Å². The molecule has 1 aliphatic heterocycles. The summed E-state index contributed by atoms with van der Waals surface area (Å²) < 4.78 is 51.1. The molecule has 0 saturated heterocycles. The second kappa shape index (κ2) is 10.0. The molecule has 1 aromatic heterocycles. The molecule has 0 atom stereocenters. The maximum absolute atomic E-state index is 13.2. The van der Waals surface area contributed by atoms with Crippen molar-refractivity contribution in [3.63, 3.8) is 0 Å². The van der Waals surface area contributed by atoms with Crippen LogP contribution in [0.4, 0.5) is 11.6 Å². The van der Waals surface area contributed by atoms with Gasteiger partial charge in [-0.3, -0.25) is 4.72 Å². The third kappa shape index (κ3) is 5.15. The SMILES string of the molecule is COc1ccc(COc2nc3c(nc2NS(=O)(=O)c2cccc(Cl)c2C)OCCN3C)cc1OC. The van der Waals surface area contributed by atoms with E-state index in [1.165, 1.54) is 13.2 Å². The standard InChI is InChI=1S/C23H25ClN4O6S/c1-14-16(24)6-5-7-19(14)35(29,30)27-20-22(26-21-23(25-20)33-11-10-28(21)2)34-13-15-8-9-17(31-3)18(12-15)32-4/h5-9,12H,10-11,13H2,1-4H3,(H,25,27). The molecule has 4 rings (SSSR count). The van der Waals surface area contributed by atoms with Crippen molar-refractivity contribution >= 4 is 33.3 Å². The Kier molecular flexibility index (Phi) is 7.08. The Bertz CT molecular complexity index is 1350. The van der Waals surface area contributed by atoms with Gasteiger partial charge in [-0.15, -0.1) is 0 Å². The van der Waals surface area contributed by atoms with E-state index >= 15 is 0 Å². The first-order valence-corrected chi connectivity index (χ1v) is 12.5. The number of hydrogen-bond acceptors (Lipinski definition) is 9. The predicted octanol–water partition coefficient (Wildman–Crippen LogP) is 3.66.